The SMILES string of the molecule is Cc1cc(C(=O)COC(=O)c2ccc(S(N)(=O)=O)o2)c(C)n1-c1ccc2c(c1)OCCO2. The maximum absolute atomic E-state index is 12.7. The second-order valence-electron chi connectivity index (χ2n) is 7.11. The largest absolute Gasteiger partial charge is 0.486 e. The van der Waals surface area contributed by atoms with E-state index in [0.29, 0.717) is 36.0 Å². The van der Waals surface area contributed by atoms with Gasteiger partial charge in [-0.05, 0) is 44.2 Å². The van der Waals surface area contributed by atoms with Crippen LogP contribution in [0.25, 0.3) is 5.69 Å². The number of Topliss-reactive ketones (excluding diaryl/α,β-unsaturated/α-hetero) is 1. The van der Waals surface area contributed by atoms with E-state index in [1.165, 1.54) is 0 Å². The first-order chi connectivity index (χ1) is 15.1. The van der Waals surface area contributed by atoms with Gasteiger partial charge in [0.2, 0.25) is 16.6 Å². The molecular weight excluding hydrogens is 440 g/mol. The first-order valence-corrected chi connectivity index (χ1v) is 11.1. The standard InChI is InChI=1S/C21H20N2O8S/c1-12-9-15(13(2)23(12)14-3-4-17-19(10-14)29-8-7-28-17)16(24)11-30-21(25)18-5-6-20(31-18)32(22,26)27/h3-6,9-10H,7-8,11H2,1-2H3,(H2,22,26,27). The molecule has 0 aliphatic carbocycles. The van der Waals surface area contributed by atoms with Crippen LogP contribution in [0.3, 0.4) is 0 Å². The number of fused-ring (bicyclic) bond motifs is 1. The van der Waals surface area contributed by atoms with Crippen molar-refractivity contribution in [3.8, 4) is 17.2 Å². The Morgan fingerprint density at radius 1 is 1.06 bits per heavy atom. The number of benzene rings is 1. The number of nitrogens with two attached hydrogens (primary N) is 1. The number of nitrogens with zero attached hydrogens (tertiary/aromatic N) is 1. The van der Waals surface area contributed by atoms with E-state index in [-0.39, 0.29) is 5.76 Å². The topological polar surface area (TPSA) is 140 Å². The van der Waals surface area contributed by atoms with Crippen molar-refractivity contribution >= 4 is 21.8 Å². The Morgan fingerprint density at radius 3 is 2.47 bits per heavy atom. The van der Waals surface area contributed by atoms with Crippen LogP contribution in [0.1, 0.15) is 32.3 Å². The van der Waals surface area contributed by atoms with Crippen LogP contribution in [0.2, 0.25) is 0 Å². The Bertz CT molecular complexity index is 1320. The zero-order valence-electron chi connectivity index (χ0n) is 17.3. The lowest BCUT2D eigenvalue weighted by Gasteiger charge is -2.20. The number of rotatable bonds is 6. The third-order valence-corrected chi connectivity index (χ3v) is 5.69. The molecule has 0 bridgehead atoms. The molecule has 0 saturated carbocycles. The third-order valence-electron chi connectivity index (χ3n) is 4.91. The molecule has 0 atom stereocenters. The van der Waals surface area contributed by atoms with Crippen LogP contribution in [0, 0.1) is 13.8 Å². The number of primary sulfonamides is 1. The second-order valence-corrected chi connectivity index (χ2v) is 8.60. The summed E-state index contributed by atoms with van der Waals surface area (Å²) in [7, 11) is -4.09. The third kappa shape index (κ3) is 4.12. The summed E-state index contributed by atoms with van der Waals surface area (Å²) >= 11 is 0. The van der Waals surface area contributed by atoms with Crippen molar-refractivity contribution in [2.24, 2.45) is 5.14 Å². The maximum atomic E-state index is 12.7. The number of aromatic nitrogens is 1. The summed E-state index contributed by atoms with van der Waals surface area (Å²) in [5, 5.41) is 4.37. The van der Waals surface area contributed by atoms with E-state index < -0.39 is 33.5 Å². The van der Waals surface area contributed by atoms with Crippen molar-refractivity contribution in [2.75, 3.05) is 19.8 Å². The number of hydrogen-bond donors (Lipinski definition) is 1. The molecule has 3 aromatic rings. The lowest BCUT2D eigenvalue weighted by molar-refractivity contribution is 0.0438. The minimum atomic E-state index is -4.09. The van der Waals surface area contributed by atoms with Crippen LogP contribution in [0.4, 0.5) is 0 Å². The van der Waals surface area contributed by atoms with E-state index in [4.69, 9.17) is 23.8 Å². The van der Waals surface area contributed by atoms with E-state index in [1.54, 1.807) is 13.0 Å². The van der Waals surface area contributed by atoms with Gasteiger partial charge in [0.25, 0.3) is 10.0 Å². The fourth-order valence-electron chi connectivity index (χ4n) is 3.48. The highest BCUT2D eigenvalue weighted by Crippen LogP contribution is 2.33. The van der Waals surface area contributed by atoms with Gasteiger partial charge in [0.05, 0.1) is 0 Å². The van der Waals surface area contributed by atoms with Crippen LogP contribution in [-0.4, -0.2) is 44.6 Å². The van der Waals surface area contributed by atoms with Gasteiger partial charge in [-0.3, -0.25) is 4.79 Å². The molecule has 2 N–H and O–H groups in total. The highest BCUT2D eigenvalue weighted by Gasteiger charge is 2.22. The van der Waals surface area contributed by atoms with E-state index in [2.05, 4.69) is 0 Å². The van der Waals surface area contributed by atoms with E-state index in [9.17, 15) is 18.0 Å². The van der Waals surface area contributed by atoms with Gasteiger partial charge < -0.3 is 23.2 Å². The lowest BCUT2D eigenvalue weighted by atomic mass is 10.1. The molecule has 11 heteroatoms. The van der Waals surface area contributed by atoms with Gasteiger partial charge in [0.1, 0.15) is 13.2 Å². The van der Waals surface area contributed by atoms with E-state index in [1.807, 2.05) is 29.7 Å². The van der Waals surface area contributed by atoms with Crippen molar-refractivity contribution in [1.82, 2.24) is 4.57 Å². The molecule has 10 nitrogen and oxygen atoms in total. The van der Waals surface area contributed by atoms with Gasteiger partial charge in [-0.2, -0.15) is 0 Å². The number of ketones is 1. The average molecular weight is 460 g/mol. The average Bonchev–Trinajstić information content (AvgIpc) is 3.36. The molecule has 0 spiro atoms. The highest BCUT2D eigenvalue weighted by atomic mass is 32.2. The summed E-state index contributed by atoms with van der Waals surface area (Å²) in [4.78, 5) is 24.8. The molecule has 1 aromatic carbocycles. The van der Waals surface area contributed by atoms with Crippen LogP contribution >= 0.6 is 0 Å². The Kier molecular flexibility index (Phi) is 5.53. The molecule has 0 radical (unpaired) electrons. The molecule has 1 aliphatic heterocycles. The molecule has 168 valence electrons. The maximum Gasteiger partial charge on any atom is 0.374 e. The minimum Gasteiger partial charge on any atom is -0.486 e. The molecule has 0 unspecified atom stereocenters. The number of aryl methyl sites for hydroxylation is 1. The Labute approximate surface area is 183 Å². The summed E-state index contributed by atoms with van der Waals surface area (Å²) in [5.74, 6) is -0.486. The molecule has 0 saturated heterocycles. The van der Waals surface area contributed by atoms with E-state index >= 15 is 0 Å². The normalized spacial score (nSPS) is 13.1. The summed E-state index contributed by atoms with van der Waals surface area (Å²) in [5.41, 5.74) is 2.65. The molecule has 0 amide bonds. The number of sulfonamides is 1. The Balaban J connectivity index is 1.50. The number of carbonyl (C=O) groups excluding carboxylic acids is 2. The van der Waals surface area contributed by atoms with E-state index in [0.717, 1.165) is 23.5 Å². The zero-order valence-corrected chi connectivity index (χ0v) is 18.1. The van der Waals surface area contributed by atoms with Crippen LogP contribution in [0.5, 0.6) is 11.5 Å². The molecule has 1 aliphatic rings. The first-order valence-electron chi connectivity index (χ1n) is 9.57. The van der Waals surface area contributed by atoms with Crippen molar-refractivity contribution in [3.63, 3.8) is 0 Å². The Morgan fingerprint density at radius 2 is 1.78 bits per heavy atom. The smallest absolute Gasteiger partial charge is 0.374 e. The summed E-state index contributed by atoms with van der Waals surface area (Å²) in [6.07, 6.45) is 0. The van der Waals surface area contributed by atoms with Crippen LogP contribution in [-0.2, 0) is 14.8 Å². The number of esters is 1. The molecule has 2 aromatic heterocycles. The fraction of sp³-hybridized carbons (Fsp3) is 0.238. The molecule has 4 rings (SSSR count). The number of hydrogen-bond acceptors (Lipinski definition) is 8. The predicted octanol–water partition coefficient (Wildman–Crippen LogP) is 2.15. The van der Waals surface area contributed by atoms with Gasteiger partial charge in [-0.15, -0.1) is 0 Å². The molecule has 3 heterocycles. The predicted molar refractivity (Wildman–Crippen MR) is 111 cm³/mol. The molecule has 0 fully saturated rings. The van der Waals surface area contributed by atoms with Gasteiger partial charge in [0.15, 0.2) is 18.1 Å². The van der Waals surface area contributed by atoms with Gasteiger partial charge >= 0.3 is 5.97 Å². The van der Waals surface area contributed by atoms with Gasteiger partial charge in [-0.25, -0.2) is 18.4 Å². The number of furan rings is 1. The van der Waals surface area contributed by atoms with Crippen molar-refractivity contribution in [2.45, 2.75) is 18.9 Å². The summed E-state index contributed by atoms with van der Waals surface area (Å²) in [6.45, 7) is 4.04. The second kappa shape index (κ2) is 8.17. The van der Waals surface area contributed by atoms with Crippen molar-refractivity contribution < 1.29 is 36.6 Å². The highest BCUT2D eigenvalue weighted by molar-refractivity contribution is 7.89. The van der Waals surface area contributed by atoms with Crippen molar-refractivity contribution in [1.29, 1.82) is 0 Å². The monoisotopic (exact) mass is 460 g/mol. The number of ether oxygens (including phenoxy) is 3. The summed E-state index contributed by atoms with van der Waals surface area (Å²) in [6, 6.07) is 9.36. The zero-order chi connectivity index (χ0) is 23.0. The quantitative estimate of drug-likeness (QED) is 0.436. The Hall–Kier alpha value is -3.57. The van der Waals surface area contributed by atoms with Gasteiger partial charge in [0, 0.05) is 28.7 Å². The van der Waals surface area contributed by atoms with Crippen LogP contribution in [0.15, 0.2) is 45.9 Å². The van der Waals surface area contributed by atoms with Gasteiger partial charge in [-0.1, -0.05) is 0 Å². The lowest BCUT2D eigenvalue weighted by Crippen LogP contribution is -2.16. The summed E-state index contributed by atoms with van der Waals surface area (Å²) < 4.78 is 45.4. The van der Waals surface area contributed by atoms with Crippen LogP contribution < -0.4 is 14.6 Å². The first kappa shape index (κ1) is 21.7. The number of carbonyl (C=O) groups is 2. The molecular formula is C21H20N2O8S. The minimum absolute atomic E-state index is 0.372. The fourth-order valence-corrected chi connectivity index (χ4v) is 3.94. The molecule has 32 heavy (non-hydrogen) atoms. The van der Waals surface area contributed by atoms with Crippen molar-refractivity contribution in [3.05, 3.63) is 59.1 Å².